The number of aryl methyl sites for hydroxylation is 1. The second-order valence-corrected chi connectivity index (χ2v) is 7.27. The molecule has 1 N–H and O–H groups in total. The average Bonchev–Trinajstić information content (AvgIpc) is 2.96. The number of hydrogen-bond acceptors (Lipinski definition) is 4. The van der Waals surface area contributed by atoms with Crippen molar-refractivity contribution in [3.05, 3.63) is 11.9 Å². The molecule has 2 aliphatic heterocycles. The molecule has 1 aromatic rings. The summed E-state index contributed by atoms with van der Waals surface area (Å²) >= 11 is 0. The van der Waals surface area contributed by atoms with Gasteiger partial charge in [-0.2, -0.15) is 5.10 Å². The first kappa shape index (κ1) is 12.9. The van der Waals surface area contributed by atoms with E-state index in [0.717, 1.165) is 31.4 Å². The number of H-pyrrole nitrogens is 1. The minimum atomic E-state index is -3.33. The van der Waals surface area contributed by atoms with E-state index in [9.17, 15) is 8.42 Å². The standard InChI is InChI=1S/C12H19N3O3S/c1-9-4-5-10(18-9)8-19(16,17)15-6-2-3-11-12(15)7-13-14-11/h7,9-10H,2-6,8H2,1H3,(H,13,14). The summed E-state index contributed by atoms with van der Waals surface area (Å²) in [6.45, 7) is 2.53. The van der Waals surface area contributed by atoms with Gasteiger partial charge < -0.3 is 4.74 Å². The van der Waals surface area contributed by atoms with Crippen molar-refractivity contribution in [2.45, 2.75) is 44.8 Å². The van der Waals surface area contributed by atoms with Crippen LogP contribution in [0.2, 0.25) is 0 Å². The SMILES string of the molecule is CC1CCC(CS(=O)(=O)N2CCCc3[nH]ncc32)O1. The van der Waals surface area contributed by atoms with E-state index < -0.39 is 10.0 Å². The Morgan fingerprint density at radius 2 is 2.37 bits per heavy atom. The van der Waals surface area contributed by atoms with E-state index in [-0.39, 0.29) is 18.0 Å². The molecule has 0 aromatic carbocycles. The summed E-state index contributed by atoms with van der Waals surface area (Å²) in [4.78, 5) is 0. The number of hydrogen-bond donors (Lipinski definition) is 1. The first-order chi connectivity index (χ1) is 9.06. The molecular weight excluding hydrogens is 266 g/mol. The Morgan fingerprint density at radius 3 is 3.11 bits per heavy atom. The number of fused-ring (bicyclic) bond motifs is 1. The molecule has 7 heteroatoms. The van der Waals surface area contributed by atoms with Crippen molar-refractivity contribution < 1.29 is 13.2 Å². The maximum absolute atomic E-state index is 12.5. The van der Waals surface area contributed by atoms with Crippen molar-refractivity contribution in [1.82, 2.24) is 10.2 Å². The van der Waals surface area contributed by atoms with Gasteiger partial charge in [0, 0.05) is 6.54 Å². The lowest BCUT2D eigenvalue weighted by atomic mass is 10.1. The highest BCUT2D eigenvalue weighted by atomic mass is 32.2. The Bertz CT molecular complexity index is 554. The van der Waals surface area contributed by atoms with E-state index >= 15 is 0 Å². The van der Waals surface area contributed by atoms with Gasteiger partial charge in [-0.25, -0.2) is 8.42 Å². The molecule has 2 aliphatic rings. The van der Waals surface area contributed by atoms with Gasteiger partial charge in [-0.15, -0.1) is 0 Å². The van der Waals surface area contributed by atoms with Crippen molar-refractivity contribution in [1.29, 1.82) is 0 Å². The summed E-state index contributed by atoms with van der Waals surface area (Å²) in [6, 6.07) is 0. The molecule has 6 nitrogen and oxygen atoms in total. The number of aromatic nitrogens is 2. The lowest BCUT2D eigenvalue weighted by Gasteiger charge is -2.28. The maximum atomic E-state index is 12.5. The molecule has 0 radical (unpaired) electrons. The van der Waals surface area contributed by atoms with Crippen LogP contribution in [0.1, 0.15) is 31.9 Å². The van der Waals surface area contributed by atoms with Crippen LogP contribution in [-0.2, 0) is 21.2 Å². The third-order valence-electron chi connectivity index (χ3n) is 3.80. The summed E-state index contributed by atoms with van der Waals surface area (Å²) in [5.41, 5.74) is 1.62. The van der Waals surface area contributed by atoms with Gasteiger partial charge in [-0.1, -0.05) is 0 Å². The number of sulfonamides is 1. The second kappa shape index (κ2) is 4.79. The zero-order valence-electron chi connectivity index (χ0n) is 11.0. The van der Waals surface area contributed by atoms with Gasteiger partial charge in [-0.05, 0) is 32.6 Å². The monoisotopic (exact) mass is 285 g/mol. The Balaban J connectivity index is 1.78. The highest BCUT2D eigenvalue weighted by molar-refractivity contribution is 7.92. The first-order valence-corrected chi connectivity index (χ1v) is 8.35. The second-order valence-electron chi connectivity index (χ2n) is 5.33. The molecule has 106 valence electrons. The normalized spacial score (nSPS) is 27.5. The van der Waals surface area contributed by atoms with Crippen molar-refractivity contribution in [3.8, 4) is 0 Å². The number of nitrogens with zero attached hydrogens (tertiary/aromatic N) is 2. The van der Waals surface area contributed by atoms with Gasteiger partial charge in [0.25, 0.3) is 0 Å². The summed E-state index contributed by atoms with van der Waals surface area (Å²) in [6.07, 6.45) is 5.06. The van der Waals surface area contributed by atoms with Gasteiger partial charge >= 0.3 is 0 Å². The fraction of sp³-hybridized carbons (Fsp3) is 0.750. The van der Waals surface area contributed by atoms with E-state index in [1.807, 2.05) is 6.92 Å². The van der Waals surface area contributed by atoms with Gasteiger partial charge in [0.15, 0.2) is 0 Å². The predicted octanol–water partition coefficient (Wildman–Crippen LogP) is 1.06. The van der Waals surface area contributed by atoms with Gasteiger partial charge in [0.05, 0.1) is 35.5 Å². The van der Waals surface area contributed by atoms with Crippen LogP contribution >= 0.6 is 0 Å². The lowest BCUT2D eigenvalue weighted by molar-refractivity contribution is 0.0690. The summed E-state index contributed by atoms with van der Waals surface area (Å²) in [5.74, 6) is 0.0714. The van der Waals surface area contributed by atoms with Crippen molar-refractivity contribution in [2.24, 2.45) is 0 Å². The predicted molar refractivity (Wildman–Crippen MR) is 71.6 cm³/mol. The summed E-state index contributed by atoms with van der Waals surface area (Å²) in [7, 11) is -3.33. The van der Waals surface area contributed by atoms with Crippen LogP contribution in [0.4, 0.5) is 5.69 Å². The fourth-order valence-electron chi connectivity index (χ4n) is 2.85. The molecule has 1 aromatic heterocycles. The molecule has 0 amide bonds. The summed E-state index contributed by atoms with van der Waals surface area (Å²) in [5, 5.41) is 6.82. The van der Waals surface area contributed by atoms with Crippen LogP contribution in [0, 0.1) is 0 Å². The van der Waals surface area contributed by atoms with Crippen molar-refractivity contribution in [3.63, 3.8) is 0 Å². The maximum Gasteiger partial charge on any atom is 0.237 e. The molecule has 1 fully saturated rings. The van der Waals surface area contributed by atoms with Gasteiger partial charge in [0.1, 0.15) is 0 Å². The number of ether oxygens (including phenoxy) is 1. The van der Waals surface area contributed by atoms with E-state index in [2.05, 4.69) is 10.2 Å². The molecule has 2 unspecified atom stereocenters. The number of rotatable bonds is 3. The number of anilines is 1. The van der Waals surface area contributed by atoms with E-state index in [1.54, 1.807) is 6.20 Å². The highest BCUT2D eigenvalue weighted by Crippen LogP contribution is 2.29. The molecule has 1 saturated heterocycles. The quantitative estimate of drug-likeness (QED) is 0.901. The average molecular weight is 285 g/mol. The van der Waals surface area contributed by atoms with Crippen LogP contribution in [0.5, 0.6) is 0 Å². The molecule has 0 aliphatic carbocycles. The van der Waals surface area contributed by atoms with Crippen LogP contribution in [0.25, 0.3) is 0 Å². The minimum Gasteiger partial charge on any atom is -0.374 e. The Morgan fingerprint density at radius 1 is 1.53 bits per heavy atom. The van der Waals surface area contributed by atoms with Crippen LogP contribution in [0.15, 0.2) is 6.20 Å². The lowest BCUT2D eigenvalue weighted by Crippen LogP contribution is -2.39. The molecular formula is C12H19N3O3S. The van der Waals surface area contributed by atoms with Crippen LogP contribution < -0.4 is 4.31 Å². The molecule has 0 saturated carbocycles. The van der Waals surface area contributed by atoms with Gasteiger partial charge in [0.2, 0.25) is 10.0 Å². The van der Waals surface area contributed by atoms with E-state index in [4.69, 9.17) is 4.74 Å². The third kappa shape index (κ3) is 2.49. The minimum absolute atomic E-state index is 0.0714. The van der Waals surface area contributed by atoms with Gasteiger partial charge in [-0.3, -0.25) is 9.40 Å². The third-order valence-corrected chi connectivity index (χ3v) is 5.65. The number of nitrogens with one attached hydrogen (secondary N) is 1. The Kier molecular flexibility index (Phi) is 3.26. The largest absolute Gasteiger partial charge is 0.374 e. The Hall–Kier alpha value is -1.08. The number of aromatic amines is 1. The smallest absolute Gasteiger partial charge is 0.237 e. The van der Waals surface area contributed by atoms with Crippen LogP contribution in [-0.4, -0.2) is 43.1 Å². The molecule has 19 heavy (non-hydrogen) atoms. The first-order valence-electron chi connectivity index (χ1n) is 6.74. The van der Waals surface area contributed by atoms with Crippen molar-refractivity contribution in [2.75, 3.05) is 16.6 Å². The zero-order valence-corrected chi connectivity index (χ0v) is 11.8. The molecule has 3 heterocycles. The summed E-state index contributed by atoms with van der Waals surface area (Å²) < 4.78 is 32.1. The molecule has 0 bridgehead atoms. The molecule has 2 atom stereocenters. The van der Waals surface area contributed by atoms with E-state index in [0.29, 0.717) is 12.2 Å². The Labute approximate surface area is 113 Å². The van der Waals surface area contributed by atoms with Crippen LogP contribution in [0.3, 0.4) is 0 Å². The fourth-order valence-corrected chi connectivity index (χ4v) is 4.61. The zero-order chi connectivity index (χ0) is 13.5. The van der Waals surface area contributed by atoms with E-state index in [1.165, 1.54) is 4.31 Å². The highest BCUT2D eigenvalue weighted by Gasteiger charge is 2.33. The molecule has 3 rings (SSSR count). The van der Waals surface area contributed by atoms with Crippen molar-refractivity contribution >= 4 is 15.7 Å². The molecule has 0 spiro atoms. The topological polar surface area (TPSA) is 75.3 Å².